The van der Waals surface area contributed by atoms with Crippen LogP contribution in [0.25, 0.3) is 0 Å². The Morgan fingerprint density at radius 3 is 1.85 bits per heavy atom. The maximum absolute atomic E-state index is 9.73. The molecule has 1 aromatic rings. The quantitative estimate of drug-likeness (QED) is 0.805. The molecule has 2 heteroatoms. The van der Waals surface area contributed by atoms with E-state index in [4.69, 9.17) is 0 Å². The molecule has 1 heterocycles. The number of rotatable bonds is 2. The molecule has 1 aromatic carbocycles. The smallest absolute Gasteiger partial charge is 0.131 e. The Hall–Kier alpha value is -1.33. The second-order valence-electron chi connectivity index (χ2n) is 7.06. The zero-order chi connectivity index (χ0) is 14.8. The summed E-state index contributed by atoms with van der Waals surface area (Å²) < 4.78 is 0. The highest BCUT2D eigenvalue weighted by Gasteiger charge is 2.34. The van der Waals surface area contributed by atoms with Gasteiger partial charge in [0.05, 0.1) is 6.07 Å². The van der Waals surface area contributed by atoms with E-state index in [0.29, 0.717) is 0 Å². The maximum Gasteiger partial charge on any atom is 0.131 e. The van der Waals surface area contributed by atoms with Gasteiger partial charge in [0.15, 0.2) is 0 Å². The molecule has 0 aliphatic carbocycles. The summed E-state index contributed by atoms with van der Waals surface area (Å²) in [5.74, 6) is 0. The standard InChI is InChI=1S/C18H26N2/c1-17(2,3)15-8-10-16(11-9-15)18(4,14-19)20-12-6-5-7-13-20/h8-11H,5-7,12-13H2,1-4H3. The van der Waals surface area contributed by atoms with Crippen LogP contribution in [0.2, 0.25) is 0 Å². The minimum atomic E-state index is -0.489. The Bertz CT molecular complexity index is 484. The van der Waals surface area contributed by atoms with Crippen LogP contribution in [0.4, 0.5) is 0 Å². The summed E-state index contributed by atoms with van der Waals surface area (Å²) in [5.41, 5.74) is 2.11. The molecule has 0 radical (unpaired) electrons. The van der Waals surface area contributed by atoms with E-state index >= 15 is 0 Å². The Balaban J connectivity index is 2.29. The van der Waals surface area contributed by atoms with Crippen molar-refractivity contribution in [1.29, 1.82) is 5.26 Å². The van der Waals surface area contributed by atoms with Crippen LogP contribution in [0.3, 0.4) is 0 Å². The van der Waals surface area contributed by atoms with Crippen molar-refractivity contribution in [3.63, 3.8) is 0 Å². The predicted molar refractivity (Wildman–Crippen MR) is 83.5 cm³/mol. The lowest BCUT2D eigenvalue weighted by Crippen LogP contribution is -2.45. The second kappa shape index (κ2) is 5.58. The monoisotopic (exact) mass is 270 g/mol. The van der Waals surface area contributed by atoms with E-state index in [9.17, 15) is 5.26 Å². The van der Waals surface area contributed by atoms with Crippen molar-refractivity contribution in [2.45, 2.75) is 57.9 Å². The van der Waals surface area contributed by atoms with Crippen LogP contribution in [-0.4, -0.2) is 18.0 Å². The topological polar surface area (TPSA) is 27.0 Å². The molecule has 1 unspecified atom stereocenters. The summed E-state index contributed by atoms with van der Waals surface area (Å²) in [5, 5.41) is 9.73. The van der Waals surface area contributed by atoms with Gasteiger partial charge in [-0.3, -0.25) is 4.90 Å². The van der Waals surface area contributed by atoms with Crippen LogP contribution in [0.5, 0.6) is 0 Å². The van der Waals surface area contributed by atoms with Gasteiger partial charge in [-0.1, -0.05) is 51.5 Å². The normalized spacial score (nSPS) is 20.1. The molecule has 1 aliphatic rings. The first kappa shape index (κ1) is 15.1. The zero-order valence-electron chi connectivity index (χ0n) is 13.2. The van der Waals surface area contributed by atoms with E-state index < -0.39 is 5.54 Å². The molecule has 0 bridgehead atoms. The molecular weight excluding hydrogens is 244 g/mol. The van der Waals surface area contributed by atoms with Crippen molar-refractivity contribution in [2.24, 2.45) is 0 Å². The van der Waals surface area contributed by atoms with Crippen molar-refractivity contribution in [3.8, 4) is 6.07 Å². The van der Waals surface area contributed by atoms with Crippen LogP contribution in [0.15, 0.2) is 24.3 Å². The molecule has 2 rings (SSSR count). The molecule has 2 nitrogen and oxygen atoms in total. The van der Waals surface area contributed by atoms with Gasteiger partial charge in [0, 0.05) is 0 Å². The minimum Gasteiger partial charge on any atom is -0.282 e. The summed E-state index contributed by atoms with van der Waals surface area (Å²) in [6, 6.07) is 11.2. The molecule has 1 fully saturated rings. The molecule has 1 saturated heterocycles. The number of nitriles is 1. The van der Waals surface area contributed by atoms with Crippen LogP contribution in [0.1, 0.15) is 58.1 Å². The molecular formula is C18H26N2. The van der Waals surface area contributed by atoms with Gasteiger partial charge >= 0.3 is 0 Å². The number of likely N-dealkylation sites (tertiary alicyclic amines) is 1. The largest absolute Gasteiger partial charge is 0.282 e. The van der Waals surface area contributed by atoms with Crippen molar-refractivity contribution in [3.05, 3.63) is 35.4 Å². The highest BCUT2D eigenvalue weighted by Crippen LogP contribution is 2.32. The first-order valence-corrected chi connectivity index (χ1v) is 7.65. The van der Waals surface area contributed by atoms with Gasteiger partial charge in [-0.25, -0.2) is 0 Å². The number of nitrogens with zero attached hydrogens (tertiary/aromatic N) is 2. The zero-order valence-corrected chi connectivity index (χ0v) is 13.2. The first-order chi connectivity index (χ1) is 9.38. The molecule has 20 heavy (non-hydrogen) atoms. The average molecular weight is 270 g/mol. The molecule has 0 amide bonds. The van der Waals surface area contributed by atoms with Gasteiger partial charge in [-0.05, 0) is 49.4 Å². The van der Waals surface area contributed by atoms with E-state index in [1.165, 1.54) is 24.8 Å². The van der Waals surface area contributed by atoms with Gasteiger partial charge in [-0.2, -0.15) is 5.26 Å². The Morgan fingerprint density at radius 1 is 0.900 bits per heavy atom. The van der Waals surface area contributed by atoms with Crippen molar-refractivity contribution in [2.75, 3.05) is 13.1 Å². The fourth-order valence-corrected chi connectivity index (χ4v) is 2.95. The lowest BCUT2D eigenvalue weighted by molar-refractivity contribution is 0.123. The van der Waals surface area contributed by atoms with Crippen molar-refractivity contribution >= 4 is 0 Å². The second-order valence-corrected chi connectivity index (χ2v) is 7.06. The molecule has 1 aliphatic heterocycles. The molecule has 0 N–H and O–H groups in total. The van der Waals surface area contributed by atoms with E-state index in [0.717, 1.165) is 18.7 Å². The van der Waals surface area contributed by atoms with Gasteiger partial charge in [0.2, 0.25) is 0 Å². The van der Waals surface area contributed by atoms with Crippen LogP contribution in [-0.2, 0) is 11.0 Å². The Labute approximate surface area is 123 Å². The average Bonchev–Trinajstić information content (AvgIpc) is 2.46. The lowest BCUT2D eigenvalue weighted by atomic mass is 9.83. The third-order valence-electron chi connectivity index (χ3n) is 4.52. The van der Waals surface area contributed by atoms with Crippen molar-refractivity contribution < 1.29 is 0 Å². The highest BCUT2D eigenvalue weighted by atomic mass is 15.2. The minimum absolute atomic E-state index is 0.159. The SMILES string of the molecule is CC(C)(C)c1ccc(C(C)(C#N)N2CCCCC2)cc1. The van der Waals surface area contributed by atoms with Crippen LogP contribution < -0.4 is 0 Å². The molecule has 0 aromatic heterocycles. The summed E-state index contributed by atoms with van der Waals surface area (Å²) in [6.45, 7) is 10.8. The number of hydrogen-bond donors (Lipinski definition) is 0. The molecule has 0 spiro atoms. The van der Waals surface area contributed by atoms with E-state index in [-0.39, 0.29) is 5.41 Å². The van der Waals surface area contributed by atoms with Gasteiger partial charge in [0.1, 0.15) is 5.54 Å². The predicted octanol–water partition coefficient (Wildman–Crippen LogP) is 4.21. The summed E-state index contributed by atoms with van der Waals surface area (Å²) in [4.78, 5) is 2.34. The lowest BCUT2D eigenvalue weighted by Gasteiger charge is -2.39. The third kappa shape index (κ3) is 2.88. The fraction of sp³-hybridized carbons (Fsp3) is 0.611. The van der Waals surface area contributed by atoms with E-state index in [2.05, 4.69) is 62.9 Å². The maximum atomic E-state index is 9.73. The molecule has 1 atom stereocenters. The van der Waals surface area contributed by atoms with E-state index in [1.54, 1.807) is 0 Å². The number of piperidine rings is 1. The van der Waals surface area contributed by atoms with E-state index in [1.807, 2.05) is 0 Å². The van der Waals surface area contributed by atoms with Gasteiger partial charge in [0.25, 0.3) is 0 Å². The summed E-state index contributed by atoms with van der Waals surface area (Å²) >= 11 is 0. The van der Waals surface area contributed by atoms with Gasteiger partial charge < -0.3 is 0 Å². The molecule has 0 saturated carbocycles. The summed E-state index contributed by atoms with van der Waals surface area (Å²) in [7, 11) is 0. The summed E-state index contributed by atoms with van der Waals surface area (Å²) in [6.07, 6.45) is 3.70. The van der Waals surface area contributed by atoms with Crippen molar-refractivity contribution in [1.82, 2.24) is 4.90 Å². The number of benzene rings is 1. The van der Waals surface area contributed by atoms with Crippen LogP contribution in [0, 0.1) is 11.3 Å². The highest BCUT2D eigenvalue weighted by molar-refractivity contribution is 5.35. The van der Waals surface area contributed by atoms with Crippen LogP contribution >= 0.6 is 0 Å². The molecule has 108 valence electrons. The van der Waals surface area contributed by atoms with Gasteiger partial charge in [-0.15, -0.1) is 0 Å². The third-order valence-corrected chi connectivity index (χ3v) is 4.52. The fourth-order valence-electron chi connectivity index (χ4n) is 2.95. The first-order valence-electron chi connectivity index (χ1n) is 7.65. The Morgan fingerprint density at radius 2 is 1.40 bits per heavy atom. The Kier molecular flexibility index (Phi) is 4.20. The number of hydrogen-bond acceptors (Lipinski definition) is 2.